The van der Waals surface area contributed by atoms with E-state index in [1.54, 1.807) is 0 Å². The molecule has 11 heavy (non-hydrogen) atoms. The van der Waals surface area contributed by atoms with Crippen LogP contribution in [0.2, 0.25) is 0 Å². The Morgan fingerprint density at radius 1 is 1.18 bits per heavy atom. The summed E-state index contributed by atoms with van der Waals surface area (Å²) in [5.41, 5.74) is 2.25. The van der Waals surface area contributed by atoms with Crippen LogP contribution in [0.25, 0.3) is 6.08 Å². The largest absolute Gasteiger partial charge is 0.322 e. The van der Waals surface area contributed by atoms with E-state index in [0.29, 0.717) is 0 Å². The molecule has 0 spiro atoms. The van der Waals surface area contributed by atoms with Gasteiger partial charge in [0, 0.05) is 17.8 Å². The van der Waals surface area contributed by atoms with Crippen molar-refractivity contribution in [1.82, 2.24) is 5.32 Å². The van der Waals surface area contributed by atoms with E-state index >= 15 is 0 Å². The Hall–Kier alpha value is -1.68. The molecule has 0 radical (unpaired) electrons. The second-order valence-electron chi connectivity index (χ2n) is 2.31. The molecule has 1 aromatic rings. The molecule has 52 valence electrons. The molecule has 0 atom stereocenters. The summed E-state index contributed by atoms with van der Waals surface area (Å²) in [5, 5.41) is 2.85. The van der Waals surface area contributed by atoms with Crippen molar-refractivity contribution in [1.29, 1.82) is 0 Å². The lowest BCUT2D eigenvalue weighted by Gasteiger charge is -1.93. The first-order chi connectivity index (χ1) is 5.47. The van der Waals surface area contributed by atoms with Crippen molar-refractivity contribution >= 4 is 6.08 Å². The zero-order valence-electron chi connectivity index (χ0n) is 5.96. The molecule has 0 fully saturated rings. The quantitative estimate of drug-likeness (QED) is 0.541. The van der Waals surface area contributed by atoms with Gasteiger partial charge in [0.15, 0.2) is 0 Å². The molecule has 1 aromatic carbocycles. The Bertz CT molecular complexity index is 353. The van der Waals surface area contributed by atoms with Gasteiger partial charge in [-0.05, 0) is 23.6 Å². The smallest absolute Gasteiger partial charge is 0.0336 e. The molecule has 1 nitrogen and oxygen atoms in total. The highest BCUT2D eigenvalue weighted by Crippen LogP contribution is 2.09. The Labute approximate surface area is 65.7 Å². The summed E-state index contributed by atoms with van der Waals surface area (Å²) >= 11 is 0. The van der Waals surface area contributed by atoms with E-state index < -0.39 is 0 Å². The predicted molar refractivity (Wildman–Crippen MR) is 45.5 cm³/mol. The molecule has 1 aliphatic heterocycles. The number of benzene rings is 1. The molecule has 0 aromatic heterocycles. The van der Waals surface area contributed by atoms with Crippen LogP contribution in [0, 0.1) is 12.0 Å². The van der Waals surface area contributed by atoms with Crippen molar-refractivity contribution in [3.05, 3.63) is 41.6 Å². The fourth-order valence-corrected chi connectivity index (χ4v) is 1.03. The molecule has 1 N–H and O–H groups in total. The summed E-state index contributed by atoms with van der Waals surface area (Å²) in [5.74, 6) is 3.00. The lowest BCUT2D eigenvalue weighted by atomic mass is 10.1. The zero-order valence-corrected chi connectivity index (χ0v) is 5.96. The third-order valence-electron chi connectivity index (χ3n) is 1.58. The Morgan fingerprint density at radius 2 is 2.09 bits per heavy atom. The van der Waals surface area contributed by atoms with Crippen LogP contribution in [0.3, 0.4) is 0 Å². The van der Waals surface area contributed by atoms with Crippen molar-refractivity contribution in [2.24, 2.45) is 0 Å². The van der Waals surface area contributed by atoms with E-state index in [4.69, 9.17) is 0 Å². The van der Waals surface area contributed by atoms with Crippen LogP contribution < -0.4 is 5.32 Å². The van der Waals surface area contributed by atoms with Crippen LogP contribution in [-0.4, -0.2) is 0 Å². The van der Waals surface area contributed by atoms with Crippen LogP contribution >= 0.6 is 0 Å². The molecule has 0 saturated heterocycles. The molecule has 0 bridgehead atoms. The molecule has 1 aliphatic rings. The number of hydrogen-bond donors (Lipinski definition) is 1. The van der Waals surface area contributed by atoms with Crippen molar-refractivity contribution in [2.75, 3.05) is 0 Å². The fraction of sp³-hybridized carbons (Fsp3) is 0. The SMILES string of the molecule is C1#Cc2ccccc2C=CN1. The summed E-state index contributed by atoms with van der Waals surface area (Å²) < 4.78 is 0. The average Bonchev–Trinajstić information content (AvgIpc) is 2.28. The van der Waals surface area contributed by atoms with E-state index in [9.17, 15) is 0 Å². The minimum absolute atomic E-state index is 1.08. The van der Waals surface area contributed by atoms with Gasteiger partial charge in [0.05, 0.1) is 0 Å². The van der Waals surface area contributed by atoms with Gasteiger partial charge in [0.2, 0.25) is 0 Å². The fourth-order valence-electron chi connectivity index (χ4n) is 1.03. The minimum atomic E-state index is 1.08. The van der Waals surface area contributed by atoms with Gasteiger partial charge in [-0.15, -0.1) is 0 Å². The highest BCUT2D eigenvalue weighted by atomic mass is 14.8. The first kappa shape index (κ1) is 6.06. The van der Waals surface area contributed by atoms with Crippen molar-refractivity contribution in [3.8, 4) is 12.0 Å². The summed E-state index contributed by atoms with van der Waals surface area (Å²) in [6, 6.07) is 10.9. The number of rotatable bonds is 0. The topological polar surface area (TPSA) is 12.0 Å². The van der Waals surface area contributed by atoms with E-state index in [-0.39, 0.29) is 0 Å². The van der Waals surface area contributed by atoms with Gasteiger partial charge in [0.25, 0.3) is 0 Å². The Kier molecular flexibility index (Phi) is 1.38. The Balaban J connectivity index is 2.62. The van der Waals surface area contributed by atoms with Crippen LogP contribution in [0.1, 0.15) is 11.1 Å². The van der Waals surface area contributed by atoms with Crippen molar-refractivity contribution in [2.45, 2.75) is 0 Å². The third-order valence-corrected chi connectivity index (χ3v) is 1.58. The lowest BCUT2D eigenvalue weighted by molar-refractivity contribution is 1.28. The van der Waals surface area contributed by atoms with Crippen molar-refractivity contribution in [3.63, 3.8) is 0 Å². The first-order valence-electron chi connectivity index (χ1n) is 3.49. The maximum atomic E-state index is 3.00. The molecule has 1 heteroatoms. The minimum Gasteiger partial charge on any atom is -0.322 e. The van der Waals surface area contributed by atoms with Crippen molar-refractivity contribution < 1.29 is 0 Å². The van der Waals surface area contributed by atoms with Gasteiger partial charge in [-0.2, -0.15) is 0 Å². The standard InChI is InChI=1S/C10H7N/c1-2-4-10-6-8-11-7-5-9(10)3-1/h1-5,7,11H. The summed E-state index contributed by atoms with van der Waals surface area (Å²) in [4.78, 5) is 0. The monoisotopic (exact) mass is 141 g/mol. The predicted octanol–water partition coefficient (Wildman–Crippen LogP) is 1.57. The molecule has 0 amide bonds. The number of fused-ring (bicyclic) bond motifs is 1. The maximum Gasteiger partial charge on any atom is 0.0336 e. The highest BCUT2D eigenvalue weighted by molar-refractivity contribution is 5.60. The summed E-state index contributed by atoms with van der Waals surface area (Å²) in [6.07, 6.45) is 3.85. The number of hydrogen-bond acceptors (Lipinski definition) is 1. The Morgan fingerprint density at radius 3 is 3.09 bits per heavy atom. The third kappa shape index (κ3) is 1.11. The summed E-state index contributed by atoms with van der Waals surface area (Å²) in [6.45, 7) is 0. The van der Waals surface area contributed by atoms with E-state index in [1.165, 1.54) is 5.56 Å². The normalized spacial score (nSPS) is 12.0. The lowest BCUT2D eigenvalue weighted by Crippen LogP contribution is -1.88. The van der Waals surface area contributed by atoms with Gasteiger partial charge >= 0.3 is 0 Å². The van der Waals surface area contributed by atoms with Gasteiger partial charge in [-0.3, -0.25) is 0 Å². The van der Waals surface area contributed by atoms with Gasteiger partial charge in [0.1, 0.15) is 0 Å². The molecular formula is C10H7N. The van der Waals surface area contributed by atoms with Gasteiger partial charge in [-0.25, -0.2) is 0 Å². The molecule has 0 saturated carbocycles. The molecule has 1 heterocycles. The summed E-state index contributed by atoms with van der Waals surface area (Å²) in [7, 11) is 0. The maximum absolute atomic E-state index is 3.00. The second-order valence-corrected chi connectivity index (χ2v) is 2.31. The van der Waals surface area contributed by atoms with E-state index in [0.717, 1.165) is 5.56 Å². The molecular weight excluding hydrogens is 134 g/mol. The van der Waals surface area contributed by atoms with Crippen LogP contribution in [-0.2, 0) is 0 Å². The van der Waals surface area contributed by atoms with Gasteiger partial charge in [-0.1, -0.05) is 18.2 Å². The molecule has 0 unspecified atom stereocenters. The van der Waals surface area contributed by atoms with E-state index in [2.05, 4.69) is 17.3 Å². The average molecular weight is 141 g/mol. The highest BCUT2D eigenvalue weighted by Gasteiger charge is 1.94. The second kappa shape index (κ2) is 2.51. The molecule has 0 aliphatic carbocycles. The van der Waals surface area contributed by atoms with E-state index in [1.807, 2.05) is 36.5 Å². The van der Waals surface area contributed by atoms with Crippen LogP contribution in [0.15, 0.2) is 30.5 Å². The van der Waals surface area contributed by atoms with Gasteiger partial charge < -0.3 is 5.32 Å². The number of nitrogens with one attached hydrogen (secondary N) is 1. The first-order valence-corrected chi connectivity index (χ1v) is 3.49. The van der Waals surface area contributed by atoms with Crippen LogP contribution in [0.5, 0.6) is 0 Å². The molecule has 2 rings (SSSR count). The zero-order chi connectivity index (χ0) is 7.52. The van der Waals surface area contributed by atoms with Crippen LogP contribution in [0.4, 0.5) is 0 Å².